The molecule has 0 fully saturated rings. The van der Waals surface area contributed by atoms with E-state index in [1.54, 1.807) is 14.0 Å². The number of rotatable bonds is 5. The molecule has 0 spiro atoms. The number of hydrogen-bond acceptors (Lipinski definition) is 3. The van der Waals surface area contributed by atoms with Crippen LogP contribution in [-0.2, 0) is 15.1 Å². The molecule has 29 heavy (non-hydrogen) atoms. The van der Waals surface area contributed by atoms with E-state index in [4.69, 9.17) is 4.79 Å². The van der Waals surface area contributed by atoms with Gasteiger partial charge in [-0.2, -0.15) is 0 Å². The molecular formula is C24H31FN2O2. The van der Waals surface area contributed by atoms with Crippen LogP contribution in [0.3, 0.4) is 0 Å². The van der Waals surface area contributed by atoms with Gasteiger partial charge in [-0.05, 0) is 44.0 Å². The molecule has 3 rings (SSSR count). The zero-order chi connectivity index (χ0) is 22.2. The van der Waals surface area contributed by atoms with Crippen molar-refractivity contribution in [1.29, 1.82) is 0 Å². The topological polar surface area (TPSA) is 51.1 Å². The molecule has 1 N–H and O–H groups in total. The first kappa shape index (κ1) is 24.1. The van der Waals surface area contributed by atoms with Crippen LogP contribution < -0.4 is 5.32 Å². The van der Waals surface area contributed by atoms with E-state index in [1.165, 1.54) is 12.1 Å². The average molecular weight is 399 g/mol. The van der Waals surface area contributed by atoms with Crippen LogP contribution >= 0.6 is 0 Å². The van der Waals surface area contributed by atoms with Gasteiger partial charge in [0.25, 0.3) is 0 Å². The molecule has 2 aromatic carbocycles. The second-order valence-electron chi connectivity index (χ2n) is 6.46. The number of anilines is 1. The van der Waals surface area contributed by atoms with Crippen molar-refractivity contribution in [3.63, 3.8) is 0 Å². The molecule has 1 atom stereocenters. The van der Waals surface area contributed by atoms with Gasteiger partial charge in [0.1, 0.15) is 18.1 Å². The van der Waals surface area contributed by atoms with Crippen molar-refractivity contribution in [3.05, 3.63) is 65.6 Å². The number of hydrogen-bond donors (Lipinski definition) is 1. The molecule has 5 heteroatoms. The Balaban J connectivity index is 0.000000989. The van der Waals surface area contributed by atoms with Crippen LogP contribution in [0.2, 0.25) is 0 Å². The van der Waals surface area contributed by atoms with Gasteiger partial charge in [-0.25, -0.2) is 4.39 Å². The Bertz CT molecular complexity index is 947. The Hall–Kier alpha value is -2.95. The summed E-state index contributed by atoms with van der Waals surface area (Å²) in [6.45, 7) is 11.6. The summed E-state index contributed by atoms with van der Waals surface area (Å²) in [7, 11) is 1.77. The molecular weight excluding hydrogens is 367 g/mol. The van der Waals surface area contributed by atoms with Gasteiger partial charge in [0.05, 0.1) is 5.52 Å². The molecule has 0 saturated carbocycles. The molecule has 1 unspecified atom stereocenters. The molecule has 1 heterocycles. The monoisotopic (exact) mass is 398 g/mol. The summed E-state index contributed by atoms with van der Waals surface area (Å²) in [4.78, 5) is 20.8. The second-order valence-corrected chi connectivity index (χ2v) is 6.46. The summed E-state index contributed by atoms with van der Waals surface area (Å²) in [5.41, 5.74) is 2.63. The number of nitrogens with zero attached hydrogens (tertiary/aromatic N) is 1. The molecule has 0 saturated heterocycles. The maximum Gasteiger partial charge on any atom is 0.160 e. The summed E-state index contributed by atoms with van der Waals surface area (Å²) in [5, 5.41) is 3.93. The fourth-order valence-corrected chi connectivity index (χ4v) is 3.71. The van der Waals surface area contributed by atoms with Crippen LogP contribution in [0.15, 0.2) is 48.7 Å². The molecule has 0 amide bonds. The van der Waals surface area contributed by atoms with Crippen molar-refractivity contribution >= 4 is 29.2 Å². The fraction of sp³-hybridized carbons (Fsp3) is 0.333. The number of nitrogens with one attached hydrogen (secondary N) is 1. The van der Waals surface area contributed by atoms with Crippen LogP contribution in [0.5, 0.6) is 0 Å². The van der Waals surface area contributed by atoms with Crippen LogP contribution in [0, 0.1) is 12.7 Å². The SMILES string of the molecule is C=O.CC.CCC(C(C)=O)(c1ccc(C)cc1)n1ccc2c(NC)cc(F)cc21. The molecule has 0 bridgehead atoms. The first-order valence-electron chi connectivity index (χ1n) is 9.80. The maximum absolute atomic E-state index is 14.2. The van der Waals surface area contributed by atoms with Gasteiger partial charge in [-0.3, -0.25) is 4.79 Å². The summed E-state index contributed by atoms with van der Waals surface area (Å²) >= 11 is 0. The van der Waals surface area contributed by atoms with E-state index in [0.717, 1.165) is 16.5 Å². The van der Waals surface area contributed by atoms with E-state index >= 15 is 0 Å². The summed E-state index contributed by atoms with van der Waals surface area (Å²) < 4.78 is 16.1. The Morgan fingerprint density at radius 2 is 1.72 bits per heavy atom. The van der Waals surface area contributed by atoms with E-state index in [2.05, 4.69) is 5.32 Å². The predicted octanol–water partition coefficient (Wildman–Crippen LogP) is 5.71. The lowest BCUT2D eigenvalue weighted by Gasteiger charge is -2.34. The standard InChI is InChI=1S/C21H23FN2O.C2H6.CH2O/c1-5-21(15(3)25,16-8-6-14(2)7-9-16)24-11-10-18-19(23-4)12-17(22)13-20(18)24;2*1-2/h6-13,23H,5H2,1-4H3;1-2H3;1H2. The van der Waals surface area contributed by atoms with Gasteiger partial charge in [0, 0.05) is 24.3 Å². The lowest BCUT2D eigenvalue weighted by molar-refractivity contribution is -0.123. The van der Waals surface area contributed by atoms with Crippen molar-refractivity contribution in [2.45, 2.75) is 46.6 Å². The number of aromatic nitrogens is 1. The number of benzene rings is 2. The molecule has 0 aliphatic carbocycles. The highest BCUT2D eigenvalue weighted by atomic mass is 19.1. The number of aryl methyl sites for hydroxylation is 1. The molecule has 1 aromatic heterocycles. The average Bonchev–Trinajstić information content (AvgIpc) is 3.16. The predicted molar refractivity (Wildman–Crippen MR) is 119 cm³/mol. The molecule has 3 aromatic rings. The highest BCUT2D eigenvalue weighted by molar-refractivity contribution is 5.96. The third kappa shape index (κ3) is 4.39. The van der Waals surface area contributed by atoms with E-state index in [1.807, 2.05) is 75.6 Å². The third-order valence-corrected chi connectivity index (χ3v) is 5.08. The van der Waals surface area contributed by atoms with E-state index < -0.39 is 5.54 Å². The summed E-state index contributed by atoms with van der Waals surface area (Å²) in [5.74, 6) is -0.291. The lowest BCUT2D eigenvalue weighted by atomic mass is 9.83. The van der Waals surface area contributed by atoms with Gasteiger partial charge in [0.15, 0.2) is 5.78 Å². The van der Waals surface area contributed by atoms with Crippen LogP contribution in [-0.4, -0.2) is 24.2 Å². The Morgan fingerprint density at radius 3 is 2.21 bits per heavy atom. The largest absolute Gasteiger partial charge is 0.387 e. The normalized spacial score (nSPS) is 12.1. The van der Waals surface area contributed by atoms with Gasteiger partial charge in [0.2, 0.25) is 0 Å². The van der Waals surface area contributed by atoms with Crippen molar-refractivity contribution in [3.8, 4) is 0 Å². The first-order valence-corrected chi connectivity index (χ1v) is 9.80. The van der Waals surface area contributed by atoms with Crippen molar-refractivity contribution in [1.82, 2.24) is 4.57 Å². The smallest absolute Gasteiger partial charge is 0.160 e. The Morgan fingerprint density at radius 1 is 1.14 bits per heavy atom. The zero-order valence-corrected chi connectivity index (χ0v) is 18.2. The molecule has 0 aliphatic heterocycles. The first-order chi connectivity index (χ1) is 13.9. The number of fused-ring (bicyclic) bond motifs is 1. The van der Waals surface area contributed by atoms with Gasteiger partial charge in [-0.15, -0.1) is 0 Å². The fourth-order valence-electron chi connectivity index (χ4n) is 3.71. The van der Waals surface area contributed by atoms with E-state index in [-0.39, 0.29) is 11.6 Å². The van der Waals surface area contributed by atoms with Gasteiger partial charge in [-0.1, -0.05) is 50.6 Å². The van der Waals surface area contributed by atoms with E-state index in [9.17, 15) is 9.18 Å². The molecule has 0 aliphatic rings. The maximum atomic E-state index is 14.2. The Labute approximate surface area is 172 Å². The number of ketones is 1. The minimum Gasteiger partial charge on any atom is -0.387 e. The zero-order valence-electron chi connectivity index (χ0n) is 18.2. The lowest BCUT2D eigenvalue weighted by Crippen LogP contribution is -2.40. The van der Waals surface area contributed by atoms with Crippen molar-refractivity contribution < 1.29 is 14.0 Å². The highest BCUT2D eigenvalue weighted by Gasteiger charge is 2.38. The van der Waals surface area contributed by atoms with Crippen LogP contribution in [0.25, 0.3) is 10.9 Å². The summed E-state index contributed by atoms with van der Waals surface area (Å²) in [6, 6.07) is 12.9. The van der Waals surface area contributed by atoms with Crippen LogP contribution in [0.4, 0.5) is 10.1 Å². The summed E-state index contributed by atoms with van der Waals surface area (Å²) in [6.07, 6.45) is 2.47. The van der Waals surface area contributed by atoms with Crippen LogP contribution in [0.1, 0.15) is 45.2 Å². The molecule has 156 valence electrons. The Kier molecular flexibility index (Phi) is 8.77. The number of Topliss-reactive ketones (excluding diaryl/α,β-unsaturated/α-hetero) is 1. The minimum atomic E-state index is -0.853. The van der Waals surface area contributed by atoms with Gasteiger partial charge < -0.3 is 14.7 Å². The van der Waals surface area contributed by atoms with Crippen molar-refractivity contribution in [2.24, 2.45) is 0 Å². The molecule has 0 radical (unpaired) electrons. The minimum absolute atomic E-state index is 0.0339. The molecule has 4 nitrogen and oxygen atoms in total. The second kappa shape index (κ2) is 10.6. The quantitative estimate of drug-likeness (QED) is 0.598. The third-order valence-electron chi connectivity index (χ3n) is 5.08. The number of carbonyl (C=O) groups is 2. The number of halogens is 1. The number of carbonyl (C=O) groups excluding carboxylic acids is 2. The van der Waals surface area contributed by atoms with Gasteiger partial charge >= 0.3 is 0 Å². The van der Waals surface area contributed by atoms with E-state index in [0.29, 0.717) is 17.6 Å². The van der Waals surface area contributed by atoms with Crippen molar-refractivity contribution in [2.75, 3.05) is 12.4 Å². The highest BCUT2D eigenvalue weighted by Crippen LogP contribution is 2.37.